The van der Waals surface area contributed by atoms with Gasteiger partial charge >= 0.3 is 0 Å². The molecule has 2 aromatic rings. The second-order valence-electron chi connectivity index (χ2n) is 4.64. The number of carbonyl (C=O) groups excluding carboxylic acids is 1. The first-order valence-corrected chi connectivity index (χ1v) is 7.42. The molecular formula is C14H16ClN3OS. The fourth-order valence-corrected chi connectivity index (χ4v) is 3.13. The second-order valence-corrected chi connectivity index (χ2v) is 6.27. The van der Waals surface area contributed by atoms with E-state index in [1.54, 1.807) is 35.4 Å². The second kappa shape index (κ2) is 5.89. The zero-order valence-corrected chi connectivity index (χ0v) is 13.4. The molecule has 0 aliphatic heterocycles. The summed E-state index contributed by atoms with van der Waals surface area (Å²) in [6.07, 6.45) is 1.50. The van der Waals surface area contributed by atoms with E-state index in [-0.39, 0.29) is 11.9 Å². The molecule has 0 N–H and O–H groups in total. The number of thiazole rings is 1. The number of hydrogen-bond acceptors (Lipinski definition) is 4. The molecule has 0 radical (unpaired) electrons. The molecule has 6 heteroatoms. The largest absolute Gasteiger partial charge is 0.334 e. The highest BCUT2D eigenvalue weighted by Gasteiger charge is 2.22. The van der Waals surface area contributed by atoms with Gasteiger partial charge in [-0.15, -0.1) is 11.3 Å². The summed E-state index contributed by atoms with van der Waals surface area (Å²) in [7, 11) is 1.79. The number of rotatable bonds is 3. The predicted octanol–water partition coefficient (Wildman–Crippen LogP) is 3.64. The molecular weight excluding hydrogens is 294 g/mol. The zero-order valence-electron chi connectivity index (χ0n) is 11.8. The maximum absolute atomic E-state index is 12.4. The Morgan fingerprint density at radius 1 is 1.40 bits per heavy atom. The van der Waals surface area contributed by atoms with E-state index in [9.17, 15) is 4.79 Å². The monoisotopic (exact) mass is 309 g/mol. The molecule has 0 aromatic carbocycles. The smallest absolute Gasteiger partial charge is 0.255 e. The van der Waals surface area contributed by atoms with Gasteiger partial charge in [0.1, 0.15) is 5.15 Å². The first-order valence-electron chi connectivity index (χ1n) is 6.22. The van der Waals surface area contributed by atoms with Gasteiger partial charge in [0, 0.05) is 18.1 Å². The zero-order chi connectivity index (χ0) is 14.9. The first-order chi connectivity index (χ1) is 9.40. The van der Waals surface area contributed by atoms with Crippen molar-refractivity contribution in [3.8, 4) is 0 Å². The Morgan fingerprint density at radius 3 is 2.60 bits per heavy atom. The third-order valence-electron chi connectivity index (χ3n) is 3.19. The van der Waals surface area contributed by atoms with Crippen molar-refractivity contribution in [2.24, 2.45) is 0 Å². The van der Waals surface area contributed by atoms with Gasteiger partial charge in [-0.2, -0.15) is 0 Å². The molecule has 1 atom stereocenters. The maximum atomic E-state index is 12.4. The summed E-state index contributed by atoms with van der Waals surface area (Å²) in [5.74, 6) is -0.0767. The lowest BCUT2D eigenvalue weighted by Crippen LogP contribution is -2.29. The fraction of sp³-hybridized carbons (Fsp3) is 0.357. The van der Waals surface area contributed by atoms with Crippen LogP contribution in [-0.4, -0.2) is 27.8 Å². The van der Waals surface area contributed by atoms with Crippen molar-refractivity contribution in [1.82, 2.24) is 14.9 Å². The SMILES string of the molecule is Cc1nc(C)c([C@H](C)N(C)C(=O)c2ccc(Cl)nc2)s1. The third kappa shape index (κ3) is 2.99. The Labute approximate surface area is 127 Å². The van der Waals surface area contributed by atoms with Crippen molar-refractivity contribution in [2.45, 2.75) is 26.8 Å². The standard InChI is InChI=1S/C14H16ClN3OS/c1-8-13(20-10(3)17-8)9(2)18(4)14(19)11-5-6-12(15)16-7-11/h5-7,9H,1-4H3/t9-/m0/s1. The quantitative estimate of drug-likeness (QED) is 0.813. The molecule has 2 rings (SSSR count). The Hall–Kier alpha value is -1.46. The van der Waals surface area contributed by atoms with Crippen LogP contribution in [0.1, 0.15) is 38.9 Å². The molecule has 0 aliphatic rings. The molecule has 0 saturated carbocycles. The van der Waals surface area contributed by atoms with E-state index in [0.29, 0.717) is 10.7 Å². The van der Waals surface area contributed by atoms with Crippen LogP contribution in [0.4, 0.5) is 0 Å². The average Bonchev–Trinajstić information content (AvgIpc) is 2.76. The average molecular weight is 310 g/mol. The molecule has 0 saturated heterocycles. The summed E-state index contributed by atoms with van der Waals surface area (Å²) in [6, 6.07) is 3.28. The molecule has 2 aromatic heterocycles. The van der Waals surface area contributed by atoms with E-state index in [4.69, 9.17) is 11.6 Å². The normalized spacial score (nSPS) is 12.2. The fourth-order valence-electron chi connectivity index (χ4n) is 1.99. The number of aryl methyl sites for hydroxylation is 2. The molecule has 0 unspecified atom stereocenters. The lowest BCUT2D eigenvalue weighted by Gasteiger charge is -2.24. The van der Waals surface area contributed by atoms with Crippen LogP contribution < -0.4 is 0 Å². The minimum atomic E-state index is -0.0767. The summed E-state index contributed by atoms with van der Waals surface area (Å²) >= 11 is 7.36. The molecule has 0 spiro atoms. The summed E-state index contributed by atoms with van der Waals surface area (Å²) < 4.78 is 0. The molecule has 0 aliphatic carbocycles. The number of nitrogens with zero attached hydrogens (tertiary/aromatic N) is 3. The van der Waals surface area contributed by atoms with Gasteiger partial charge < -0.3 is 4.90 Å². The van der Waals surface area contributed by atoms with Crippen LogP contribution in [0.25, 0.3) is 0 Å². The Kier molecular flexibility index (Phi) is 4.40. The summed E-state index contributed by atoms with van der Waals surface area (Å²) in [6.45, 7) is 5.94. The van der Waals surface area contributed by atoms with E-state index in [0.717, 1.165) is 15.6 Å². The topological polar surface area (TPSA) is 46.1 Å². The summed E-state index contributed by atoms with van der Waals surface area (Å²) in [5, 5.41) is 1.39. The van der Waals surface area contributed by atoms with Crippen molar-refractivity contribution in [2.75, 3.05) is 7.05 Å². The first kappa shape index (κ1) is 14.9. The molecule has 20 heavy (non-hydrogen) atoms. The van der Waals surface area contributed by atoms with Crippen LogP contribution in [0.15, 0.2) is 18.3 Å². The van der Waals surface area contributed by atoms with Gasteiger partial charge in [-0.05, 0) is 32.9 Å². The highest BCUT2D eigenvalue weighted by atomic mass is 35.5. The van der Waals surface area contributed by atoms with Gasteiger partial charge in [-0.3, -0.25) is 4.79 Å². The molecule has 1 amide bonds. The number of amides is 1. The maximum Gasteiger partial charge on any atom is 0.255 e. The van der Waals surface area contributed by atoms with Gasteiger partial charge in [0.05, 0.1) is 22.3 Å². The highest BCUT2D eigenvalue weighted by Crippen LogP contribution is 2.29. The lowest BCUT2D eigenvalue weighted by atomic mass is 10.2. The van der Waals surface area contributed by atoms with E-state index in [1.165, 1.54) is 6.20 Å². The number of halogens is 1. The summed E-state index contributed by atoms with van der Waals surface area (Å²) in [4.78, 5) is 23.6. The Bertz CT molecular complexity index is 624. The van der Waals surface area contributed by atoms with E-state index in [2.05, 4.69) is 9.97 Å². The molecule has 0 fully saturated rings. The molecule has 4 nitrogen and oxygen atoms in total. The molecule has 2 heterocycles. The van der Waals surface area contributed by atoms with Gasteiger partial charge in [0.15, 0.2) is 0 Å². The van der Waals surface area contributed by atoms with E-state index >= 15 is 0 Å². The van der Waals surface area contributed by atoms with Gasteiger partial charge in [-0.1, -0.05) is 11.6 Å². The summed E-state index contributed by atoms with van der Waals surface area (Å²) in [5.41, 5.74) is 1.51. The van der Waals surface area contributed by atoms with Crippen LogP contribution in [0.3, 0.4) is 0 Å². The van der Waals surface area contributed by atoms with Crippen LogP contribution in [-0.2, 0) is 0 Å². The van der Waals surface area contributed by atoms with Gasteiger partial charge in [-0.25, -0.2) is 9.97 Å². The lowest BCUT2D eigenvalue weighted by molar-refractivity contribution is 0.0744. The van der Waals surface area contributed by atoms with E-state index < -0.39 is 0 Å². The number of pyridine rings is 1. The number of carbonyl (C=O) groups is 1. The van der Waals surface area contributed by atoms with Gasteiger partial charge in [0.2, 0.25) is 0 Å². The van der Waals surface area contributed by atoms with Crippen molar-refractivity contribution in [1.29, 1.82) is 0 Å². The minimum Gasteiger partial charge on any atom is -0.334 e. The molecule has 106 valence electrons. The van der Waals surface area contributed by atoms with Crippen molar-refractivity contribution < 1.29 is 4.79 Å². The highest BCUT2D eigenvalue weighted by molar-refractivity contribution is 7.11. The Morgan fingerprint density at radius 2 is 2.10 bits per heavy atom. The van der Waals surface area contributed by atoms with Gasteiger partial charge in [0.25, 0.3) is 5.91 Å². The van der Waals surface area contributed by atoms with E-state index in [1.807, 2.05) is 20.8 Å². The van der Waals surface area contributed by atoms with Crippen molar-refractivity contribution >= 4 is 28.8 Å². The van der Waals surface area contributed by atoms with Crippen molar-refractivity contribution in [3.63, 3.8) is 0 Å². The number of aromatic nitrogens is 2. The minimum absolute atomic E-state index is 0.0237. The van der Waals surface area contributed by atoms with Crippen LogP contribution in [0.5, 0.6) is 0 Å². The van der Waals surface area contributed by atoms with Crippen LogP contribution in [0.2, 0.25) is 5.15 Å². The molecule has 0 bridgehead atoms. The van der Waals surface area contributed by atoms with Crippen molar-refractivity contribution in [3.05, 3.63) is 44.6 Å². The number of hydrogen-bond donors (Lipinski definition) is 0. The Balaban J connectivity index is 2.22. The predicted molar refractivity (Wildman–Crippen MR) is 81.3 cm³/mol. The van der Waals surface area contributed by atoms with Crippen LogP contribution in [0, 0.1) is 13.8 Å². The third-order valence-corrected chi connectivity index (χ3v) is 4.66. The van der Waals surface area contributed by atoms with Crippen LogP contribution >= 0.6 is 22.9 Å².